The molecule has 0 amide bonds. The van der Waals surface area contributed by atoms with Gasteiger partial charge in [-0.15, -0.1) is 26.3 Å². The first kappa shape index (κ1) is 48.1. The SMILES string of the molecule is C[Si](C)(C)CCOCn1c(=O)[nH]c(=O)c2c1nc(Oc1cccc(OC(F)(F)F)c1)n2Cc1ccccc1.O=c1[nH]c(=O)c2c(nc(Oc3cccc(OC(F)(F)F)c3)n2Cc2ccccc2)[nH]1. The normalized spacial score (nSPS) is 11.9. The monoisotopic (exact) mass is 966 g/mol. The summed E-state index contributed by atoms with van der Waals surface area (Å²) in [5, 5.41) is 0. The molecule has 68 heavy (non-hydrogen) atoms. The van der Waals surface area contributed by atoms with Crippen LogP contribution in [0.5, 0.6) is 35.0 Å². The Morgan fingerprint density at radius 1 is 0.574 bits per heavy atom. The van der Waals surface area contributed by atoms with Crippen LogP contribution in [0.2, 0.25) is 25.7 Å². The van der Waals surface area contributed by atoms with Gasteiger partial charge in [0.05, 0.1) is 13.1 Å². The number of nitrogens with zero attached hydrogens (tertiary/aromatic N) is 5. The van der Waals surface area contributed by atoms with Crippen LogP contribution in [0.4, 0.5) is 26.3 Å². The molecule has 0 atom stereocenters. The number of fused-ring (bicyclic) bond motifs is 2. The summed E-state index contributed by atoms with van der Waals surface area (Å²) in [7, 11) is -1.37. The first-order chi connectivity index (χ1) is 32.2. The van der Waals surface area contributed by atoms with Gasteiger partial charge in [0, 0.05) is 26.8 Å². The van der Waals surface area contributed by atoms with Gasteiger partial charge in [-0.2, -0.15) is 9.97 Å². The molecule has 8 rings (SSSR count). The molecule has 0 spiro atoms. The van der Waals surface area contributed by atoms with E-state index in [4.69, 9.17) is 14.2 Å². The van der Waals surface area contributed by atoms with E-state index in [0.29, 0.717) is 6.61 Å². The molecule has 4 aromatic carbocycles. The third kappa shape index (κ3) is 12.7. The average molecular weight is 967 g/mol. The molecule has 0 aliphatic rings. The van der Waals surface area contributed by atoms with E-state index in [2.05, 4.69) is 54.0 Å². The number of aromatic amines is 3. The van der Waals surface area contributed by atoms with E-state index >= 15 is 0 Å². The third-order valence-electron chi connectivity index (χ3n) is 9.54. The highest BCUT2D eigenvalue weighted by molar-refractivity contribution is 6.76. The number of ether oxygens (including phenoxy) is 5. The Bertz CT molecular complexity index is 3270. The maximum Gasteiger partial charge on any atom is 0.573 e. The van der Waals surface area contributed by atoms with Crippen molar-refractivity contribution in [3.05, 3.63) is 162 Å². The van der Waals surface area contributed by atoms with E-state index in [1.807, 2.05) is 48.5 Å². The van der Waals surface area contributed by atoms with Gasteiger partial charge in [0.2, 0.25) is 0 Å². The molecule has 0 saturated carbocycles. The first-order valence-electron chi connectivity index (χ1n) is 20.4. The molecule has 3 N–H and O–H groups in total. The summed E-state index contributed by atoms with van der Waals surface area (Å²) in [5.74, 6) is -0.962. The zero-order valence-electron chi connectivity index (χ0n) is 36.1. The molecule has 0 aliphatic heterocycles. The summed E-state index contributed by atoms with van der Waals surface area (Å²) in [6, 6.07) is 28.7. The Morgan fingerprint density at radius 2 is 1.06 bits per heavy atom. The van der Waals surface area contributed by atoms with Gasteiger partial charge >= 0.3 is 36.1 Å². The van der Waals surface area contributed by atoms with Crippen LogP contribution in [0, 0.1) is 0 Å². The summed E-state index contributed by atoms with van der Waals surface area (Å²) >= 11 is 0. The summed E-state index contributed by atoms with van der Waals surface area (Å²) in [6.07, 6.45) is -9.73. The number of halogens is 6. The number of hydrogen-bond acceptors (Lipinski definition) is 11. The van der Waals surface area contributed by atoms with Gasteiger partial charge in [0.15, 0.2) is 22.3 Å². The molecule has 4 aromatic heterocycles. The molecule has 0 saturated heterocycles. The summed E-state index contributed by atoms with van der Waals surface area (Å²) in [6.45, 7) is 7.19. The zero-order chi connectivity index (χ0) is 48.8. The molecule has 17 nitrogen and oxygen atoms in total. The minimum Gasteiger partial charge on any atom is -0.425 e. The maximum absolute atomic E-state index is 12.9. The lowest BCUT2D eigenvalue weighted by Gasteiger charge is -2.15. The summed E-state index contributed by atoms with van der Waals surface area (Å²) in [5.41, 5.74) is -1.09. The Morgan fingerprint density at radius 3 is 1.57 bits per heavy atom. The molecule has 0 aliphatic carbocycles. The average Bonchev–Trinajstić information content (AvgIpc) is 3.76. The van der Waals surface area contributed by atoms with Crippen LogP contribution in [0.1, 0.15) is 11.1 Å². The zero-order valence-corrected chi connectivity index (χ0v) is 37.1. The van der Waals surface area contributed by atoms with Crippen LogP contribution in [0.25, 0.3) is 22.3 Å². The Balaban J connectivity index is 0.000000207. The van der Waals surface area contributed by atoms with Gasteiger partial charge in [-0.3, -0.25) is 38.2 Å². The van der Waals surface area contributed by atoms with Gasteiger partial charge in [0.1, 0.15) is 29.7 Å². The minimum atomic E-state index is -4.88. The molecule has 0 unspecified atom stereocenters. The number of hydrogen-bond donors (Lipinski definition) is 3. The van der Waals surface area contributed by atoms with Crippen LogP contribution in [0.3, 0.4) is 0 Å². The van der Waals surface area contributed by atoms with Crippen molar-refractivity contribution in [1.29, 1.82) is 0 Å². The smallest absolute Gasteiger partial charge is 0.425 e. The fraction of sp³-hybridized carbons (Fsp3) is 0.227. The van der Waals surface area contributed by atoms with Crippen LogP contribution in [-0.2, 0) is 24.6 Å². The highest BCUT2D eigenvalue weighted by atomic mass is 28.3. The lowest BCUT2D eigenvalue weighted by Crippen LogP contribution is -2.32. The van der Waals surface area contributed by atoms with Crippen molar-refractivity contribution in [2.75, 3.05) is 6.61 Å². The van der Waals surface area contributed by atoms with Gasteiger partial charge in [-0.1, -0.05) is 92.4 Å². The lowest BCUT2D eigenvalue weighted by atomic mass is 10.2. The molecule has 0 bridgehead atoms. The van der Waals surface area contributed by atoms with Crippen LogP contribution in [0.15, 0.2) is 128 Å². The van der Waals surface area contributed by atoms with E-state index < -0.39 is 54.8 Å². The van der Waals surface area contributed by atoms with Crippen LogP contribution < -0.4 is 41.4 Å². The Labute approximate surface area is 380 Å². The molecular formula is C44H40F6N8O9Si. The summed E-state index contributed by atoms with van der Waals surface area (Å²) < 4.78 is 105. The molecule has 4 heterocycles. The minimum absolute atomic E-state index is 0.000133. The van der Waals surface area contributed by atoms with E-state index in [1.165, 1.54) is 38.0 Å². The number of aromatic nitrogens is 8. The quantitative estimate of drug-likeness (QED) is 0.0509. The largest absolute Gasteiger partial charge is 0.573 e. The second-order valence-electron chi connectivity index (χ2n) is 16.0. The maximum atomic E-state index is 12.9. The number of alkyl halides is 6. The van der Waals surface area contributed by atoms with Gasteiger partial charge in [-0.05, 0) is 41.4 Å². The second kappa shape index (κ2) is 19.9. The Kier molecular flexibility index (Phi) is 14.1. The second-order valence-corrected chi connectivity index (χ2v) is 21.6. The van der Waals surface area contributed by atoms with Gasteiger partial charge in [0.25, 0.3) is 11.1 Å². The number of imidazole rings is 2. The molecule has 0 radical (unpaired) electrons. The van der Waals surface area contributed by atoms with Crippen molar-refractivity contribution in [2.24, 2.45) is 0 Å². The molecular weight excluding hydrogens is 927 g/mol. The first-order valence-corrected chi connectivity index (χ1v) is 24.1. The Hall–Kier alpha value is -7.86. The standard InChI is InChI=1S/C25H27F3N4O5Si.C19H13F3N4O4/c1-38(2,3)13-12-35-16-32-21-20(22(33)30-23(32)34)31(15-17-8-5-4-6-9-17)24(29-21)36-18-10-7-11-19(14-18)37-25(26,27)28;20-19(21,22)30-13-8-4-7-12(9-13)29-18-24-15-14(16(27)25-17(28)23-15)26(18)10-11-5-2-1-3-6-11/h4-11,14H,12-13,15-16H2,1-3H3,(H,30,33,34);1-9H,10H2,(H2,23,25,27,28). The van der Waals surface area contributed by atoms with Gasteiger partial charge < -0.3 is 23.7 Å². The van der Waals surface area contributed by atoms with Crippen molar-refractivity contribution < 1.29 is 50.0 Å². The third-order valence-corrected chi connectivity index (χ3v) is 11.2. The topological polar surface area (TPSA) is 202 Å². The predicted molar refractivity (Wildman–Crippen MR) is 237 cm³/mol. The van der Waals surface area contributed by atoms with Crippen molar-refractivity contribution in [3.8, 4) is 35.0 Å². The van der Waals surface area contributed by atoms with E-state index in [1.54, 1.807) is 12.1 Å². The fourth-order valence-corrected chi connectivity index (χ4v) is 7.28. The fourth-order valence-electron chi connectivity index (χ4n) is 6.52. The number of benzene rings is 4. The number of H-pyrrole nitrogens is 3. The van der Waals surface area contributed by atoms with Crippen molar-refractivity contribution in [3.63, 3.8) is 0 Å². The van der Waals surface area contributed by atoms with E-state index in [-0.39, 0.29) is 65.7 Å². The molecule has 356 valence electrons. The highest BCUT2D eigenvalue weighted by Gasteiger charge is 2.32. The number of nitrogens with one attached hydrogen (secondary N) is 3. The summed E-state index contributed by atoms with van der Waals surface area (Å²) in [4.78, 5) is 64.9. The molecule has 0 fully saturated rings. The van der Waals surface area contributed by atoms with Crippen molar-refractivity contribution in [2.45, 2.75) is 58.2 Å². The molecule has 8 aromatic rings. The van der Waals surface area contributed by atoms with Crippen LogP contribution >= 0.6 is 0 Å². The van der Waals surface area contributed by atoms with Gasteiger partial charge in [-0.25, -0.2) is 9.59 Å². The predicted octanol–water partition coefficient (Wildman–Crippen LogP) is 8.09. The number of rotatable bonds is 15. The van der Waals surface area contributed by atoms with E-state index in [0.717, 1.165) is 41.4 Å². The molecule has 24 heteroatoms. The van der Waals surface area contributed by atoms with E-state index in [9.17, 15) is 45.5 Å². The van der Waals surface area contributed by atoms with Crippen LogP contribution in [-0.4, -0.2) is 66.0 Å². The van der Waals surface area contributed by atoms with Crippen molar-refractivity contribution >= 4 is 30.4 Å². The highest BCUT2D eigenvalue weighted by Crippen LogP contribution is 2.32. The van der Waals surface area contributed by atoms with Crippen molar-refractivity contribution in [1.82, 2.24) is 38.6 Å². The lowest BCUT2D eigenvalue weighted by molar-refractivity contribution is -0.275.